The van der Waals surface area contributed by atoms with Crippen molar-refractivity contribution in [2.45, 2.75) is 6.42 Å². The van der Waals surface area contributed by atoms with Crippen molar-refractivity contribution >= 4 is 40.1 Å². The number of carbonyl (C=O) groups excluding carboxylic acids is 1. The second-order valence-electron chi connectivity index (χ2n) is 5.71. The minimum absolute atomic E-state index is 0. The van der Waals surface area contributed by atoms with E-state index in [2.05, 4.69) is 21.7 Å². The molecule has 132 valence electrons. The normalized spacial score (nSPS) is 10.6. The zero-order valence-corrected chi connectivity index (χ0v) is 14.8. The standard InChI is InChI=1S/C19H22N4O.ClH/c20-9-12-21-10-4-11-22-19(24)16-7-3-6-15-13-14-5-1-2-8-17(14)23-18(15)16;/h1-3,5-8,13,21H,4,9-12,20H2,(H,22,24);1H. The van der Waals surface area contributed by atoms with Crippen molar-refractivity contribution < 1.29 is 4.79 Å². The molecular formula is C19H23ClN4O. The van der Waals surface area contributed by atoms with Gasteiger partial charge in [-0.05, 0) is 31.2 Å². The first kappa shape index (κ1) is 19.1. The molecule has 1 heterocycles. The maximum Gasteiger partial charge on any atom is 0.253 e. The van der Waals surface area contributed by atoms with Crippen LogP contribution in [0.25, 0.3) is 21.8 Å². The zero-order chi connectivity index (χ0) is 16.8. The van der Waals surface area contributed by atoms with Crippen LogP contribution in [0.1, 0.15) is 16.8 Å². The predicted molar refractivity (Wildman–Crippen MR) is 105 cm³/mol. The molecule has 0 aliphatic heterocycles. The number of carbonyl (C=O) groups is 1. The van der Waals surface area contributed by atoms with Crippen LogP contribution in [0.4, 0.5) is 0 Å². The minimum atomic E-state index is -0.0813. The Morgan fingerprint density at radius 3 is 2.64 bits per heavy atom. The summed E-state index contributed by atoms with van der Waals surface area (Å²) in [5.41, 5.74) is 7.68. The van der Waals surface area contributed by atoms with Crippen molar-refractivity contribution in [3.05, 3.63) is 54.1 Å². The molecule has 3 rings (SSSR count). The highest BCUT2D eigenvalue weighted by atomic mass is 35.5. The first-order chi connectivity index (χ1) is 11.8. The lowest BCUT2D eigenvalue weighted by Crippen LogP contribution is -2.29. The molecule has 0 aliphatic carbocycles. The van der Waals surface area contributed by atoms with Gasteiger partial charge in [-0.2, -0.15) is 0 Å². The van der Waals surface area contributed by atoms with E-state index < -0.39 is 0 Å². The Morgan fingerprint density at radius 1 is 1.00 bits per heavy atom. The molecule has 3 aromatic rings. The van der Waals surface area contributed by atoms with Gasteiger partial charge < -0.3 is 16.4 Å². The van der Waals surface area contributed by atoms with Crippen LogP contribution in [0, 0.1) is 0 Å². The first-order valence-electron chi connectivity index (χ1n) is 8.27. The van der Waals surface area contributed by atoms with E-state index in [-0.39, 0.29) is 18.3 Å². The van der Waals surface area contributed by atoms with Crippen LogP contribution in [0.15, 0.2) is 48.5 Å². The summed E-state index contributed by atoms with van der Waals surface area (Å²) in [6, 6.07) is 15.7. The Morgan fingerprint density at radius 2 is 1.80 bits per heavy atom. The molecule has 0 saturated heterocycles. The number of para-hydroxylation sites is 2. The van der Waals surface area contributed by atoms with E-state index in [9.17, 15) is 4.79 Å². The largest absolute Gasteiger partial charge is 0.352 e. The van der Waals surface area contributed by atoms with Gasteiger partial charge in [0, 0.05) is 30.4 Å². The van der Waals surface area contributed by atoms with Gasteiger partial charge in [-0.1, -0.05) is 30.3 Å². The second-order valence-corrected chi connectivity index (χ2v) is 5.71. The van der Waals surface area contributed by atoms with Gasteiger partial charge in [0.25, 0.3) is 5.91 Å². The SMILES string of the molecule is Cl.NCCNCCCNC(=O)c1cccc2cc3ccccc3nc12. The molecule has 2 aromatic carbocycles. The number of fused-ring (bicyclic) bond motifs is 2. The van der Waals surface area contributed by atoms with Crippen LogP contribution in [0.5, 0.6) is 0 Å². The second kappa shape index (κ2) is 9.32. The number of hydrogen-bond donors (Lipinski definition) is 3. The lowest BCUT2D eigenvalue weighted by Gasteiger charge is -2.09. The highest BCUT2D eigenvalue weighted by Gasteiger charge is 2.11. The molecule has 0 fully saturated rings. The fraction of sp³-hybridized carbons (Fsp3) is 0.263. The van der Waals surface area contributed by atoms with Crippen LogP contribution in [-0.2, 0) is 0 Å². The van der Waals surface area contributed by atoms with Crippen molar-refractivity contribution in [3.8, 4) is 0 Å². The third-order valence-corrected chi connectivity index (χ3v) is 3.93. The van der Waals surface area contributed by atoms with Crippen molar-refractivity contribution in [3.63, 3.8) is 0 Å². The smallest absolute Gasteiger partial charge is 0.253 e. The first-order valence-corrected chi connectivity index (χ1v) is 8.27. The molecule has 25 heavy (non-hydrogen) atoms. The molecule has 0 radical (unpaired) electrons. The van der Waals surface area contributed by atoms with E-state index in [1.807, 2.05) is 42.5 Å². The van der Waals surface area contributed by atoms with Crippen LogP contribution in [0.2, 0.25) is 0 Å². The van der Waals surface area contributed by atoms with Crippen molar-refractivity contribution in [1.82, 2.24) is 15.6 Å². The van der Waals surface area contributed by atoms with E-state index >= 15 is 0 Å². The fourth-order valence-electron chi connectivity index (χ4n) is 2.72. The van der Waals surface area contributed by atoms with Crippen LogP contribution < -0.4 is 16.4 Å². The van der Waals surface area contributed by atoms with Crippen molar-refractivity contribution in [1.29, 1.82) is 0 Å². The highest BCUT2D eigenvalue weighted by Crippen LogP contribution is 2.22. The zero-order valence-electron chi connectivity index (χ0n) is 14.0. The van der Waals surface area contributed by atoms with Crippen LogP contribution in [0.3, 0.4) is 0 Å². The van der Waals surface area contributed by atoms with E-state index in [4.69, 9.17) is 5.73 Å². The quantitative estimate of drug-likeness (QED) is 0.448. The van der Waals surface area contributed by atoms with Crippen molar-refractivity contribution in [2.75, 3.05) is 26.2 Å². The van der Waals surface area contributed by atoms with Crippen LogP contribution >= 0.6 is 12.4 Å². The van der Waals surface area contributed by atoms with Gasteiger partial charge in [-0.3, -0.25) is 4.79 Å². The molecule has 0 spiro atoms. The van der Waals surface area contributed by atoms with Crippen molar-refractivity contribution in [2.24, 2.45) is 5.73 Å². The lowest BCUT2D eigenvalue weighted by molar-refractivity contribution is 0.0954. The van der Waals surface area contributed by atoms with Gasteiger partial charge in [0.15, 0.2) is 0 Å². The number of nitrogens with zero attached hydrogens (tertiary/aromatic N) is 1. The third kappa shape index (κ3) is 4.66. The number of aromatic nitrogens is 1. The maximum atomic E-state index is 12.5. The van der Waals surface area contributed by atoms with E-state index in [0.29, 0.717) is 18.7 Å². The Bertz CT molecular complexity index is 853. The van der Waals surface area contributed by atoms with Gasteiger partial charge in [-0.15, -0.1) is 12.4 Å². The predicted octanol–water partition coefficient (Wildman–Crippen LogP) is 2.48. The van der Waals surface area contributed by atoms with E-state index in [0.717, 1.165) is 41.3 Å². The van der Waals surface area contributed by atoms with Gasteiger partial charge in [0.2, 0.25) is 0 Å². The van der Waals surface area contributed by atoms with Crippen LogP contribution in [-0.4, -0.2) is 37.1 Å². The number of benzene rings is 2. The number of amides is 1. The molecule has 0 unspecified atom stereocenters. The number of pyridine rings is 1. The third-order valence-electron chi connectivity index (χ3n) is 3.93. The number of rotatable bonds is 7. The summed E-state index contributed by atoms with van der Waals surface area (Å²) >= 11 is 0. The molecule has 6 heteroatoms. The molecule has 4 N–H and O–H groups in total. The Kier molecular flexibility index (Phi) is 7.13. The monoisotopic (exact) mass is 358 g/mol. The molecule has 1 amide bonds. The minimum Gasteiger partial charge on any atom is -0.352 e. The van der Waals surface area contributed by atoms with E-state index in [1.165, 1.54) is 0 Å². The summed E-state index contributed by atoms with van der Waals surface area (Å²) in [4.78, 5) is 17.2. The lowest BCUT2D eigenvalue weighted by atomic mass is 10.1. The molecule has 5 nitrogen and oxygen atoms in total. The Balaban J connectivity index is 0.00000225. The van der Waals surface area contributed by atoms with Gasteiger partial charge in [0.1, 0.15) is 0 Å². The Hall–Kier alpha value is -2.21. The summed E-state index contributed by atoms with van der Waals surface area (Å²) in [6.45, 7) is 2.90. The number of nitrogens with one attached hydrogen (secondary N) is 2. The number of hydrogen-bond acceptors (Lipinski definition) is 4. The topological polar surface area (TPSA) is 80.0 Å². The fourth-order valence-corrected chi connectivity index (χ4v) is 2.72. The van der Waals surface area contributed by atoms with Gasteiger partial charge >= 0.3 is 0 Å². The maximum absolute atomic E-state index is 12.5. The molecule has 0 atom stereocenters. The summed E-state index contributed by atoms with van der Waals surface area (Å²) < 4.78 is 0. The average molecular weight is 359 g/mol. The summed E-state index contributed by atoms with van der Waals surface area (Å²) in [6.07, 6.45) is 0.868. The molecule has 0 saturated carbocycles. The molecule has 1 aromatic heterocycles. The summed E-state index contributed by atoms with van der Waals surface area (Å²) in [5, 5.41) is 8.23. The van der Waals surface area contributed by atoms with Gasteiger partial charge in [-0.25, -0.2) is 4.98 Å². The summed E-state index contributed by atoms with van der Waals surface area (Å²) in [5.74, 6) is -0.0813. The average Bonchev–Trinajstić information content (AvgIpc) is 2.62. The van der Waals surface area contributed by atoms with E-state index in [1.54, 1.807) is 0 Å². The molecule has 0 bridgehead atoms. The highest BCUT2D eigenvalue weighted by molar-refractivity contribution is 6.07. The summed E-state index contributed by atoms with van der Waals surface area (Å²) in [7, 11) is 0. The molecular weight excluding hydrogens is 336 g/mol. The Labute approximate surface area is 153 Å². The number of nitrogens with two attached hydrogens (primary N) is 1. The number of halogens is 1. The van der Waals surface area contributed by atoms with Gasteiger partial charge in [0.05, 0.1) is 16.6 Å². The molecule has 0 aliphatic rings.